The fourth-order valence-corrected chi connectivity index (χ4v) is 3.24. The summed E-state index contributed by atoms with van der Waals surface area (Å²) in [6, 6.07) is 0. The smallest absolute Gasteiger partial charge is 0.404 e. The van der Waals surface area contributed by atoms with Gasteiger partial charge in [0, 0.05) is 12.0 Å². The molecule has 1 unspecified atom stereocenters. The summed E-state index contributed by atoms with van der Waals surface area (Å²) in [5.41, 5.74) is 5.20. The highest BCUT2D eigenvalue weighted by molar-refractivity contribution is 14.1. The van der Waals surface area contributed by atoms with Gasteiger partial charge in [0.15, 0.2) is 0 Å². The molecule has 0 radical (unpaired) electrons. The molecule has 6 heteroatoms. The quantitative estimate of drug-likeness (QED) is 0.373. The van der Waals surface area contributed by atoms with E-state index in [1.54, 1.807) is 0 Å². The molecule has 0 saturated heterocycles. The molecule has 5 atom stereocenters. The number of hydrogen-bond acceptors (Lipinski definition) is 4. The minimum absolute atomic E-state index is 0.0446. The van der Waals surface area contributed by atoms with Crippen molar-refractivity contribution in [3.63, 3.8) is 0 Å². The third kappa shape index (κ3) is 9.09. The fraction of sp³-hybridized carbons (Fsp3) is 0.579. The molecule has 1 amide bonds. The van der Waals surface area contributed by atoms with Gasteiger partial charge in [0.1, 0.15) is 12.2 Å². The molecule has 1 heterocycles. The number of ether oxygens (including phenoxy) is 2. The molecule has 5 nitrogen and oxygen atoms in total. The zero-order valence-electron chi connectivity index (χ0n) is 15.1. The van der Waals surface area contributed by atoms with Crippen molar-refractivity contribution in [2.24, 2.45) is 23.5 Å². The topological polar surface area (TPSA) is 78.6 Å². The van der Waals surface area contributed by atoms with Crippen LogP contribution in [0.25, 0.3) is 0 Å². The molecule has 0 fully saturated rings. The maximum absolute atomic E-state index is 12.0. The largest absolute Gasteiger partial charge is 0.454 e. The molecule has 0 aliphatic carbocycles. The van der Waals surface area contributed by atoms with Crippen LogP contribution in [0.3, 0.4) is 0 Å². The molecule has 1 aliphatic heterocycles. The normalized spacial score (nSPS) is 34.7. The van der Waals surface area contributed by atoms with E-state index in [9.17, 15) is 9.59 Å². The second-order valence-corrected chi connectivity index (χ2v) is 7.43. The first-order valence-electron chi connectivity index (χ1n) is 8.60. The number of nitrogens with two attached hydrogens (primary N) is 1. The Morgan fingerprint density at radius 3 is 2.68 bits per heavy atom. The number of rotatable bonds is 2. The van der Waals surface area contributed by atoms with E-state index in [4.69, 9.17) is 15.2 Å². The summed E-state index contributed by atoms with van der Waals surface area (Å²) in [5.74, 6) is 0.180. The first-order valence-corrected chi connectivity index (χ1v) is 9.84. The van der Waals surface area contributed by atoms with Crippen molar-refractivity contribution >= 4 is 34.7 Å². The number of allylic oxidation sites excluding steroid dienone is 2. The number of hydrogen-bond donors (Lipinski definition) is 1. The van der Waals surface area contributed by atoms with E-state index in [0.29, 0.717) is 19.3 Å². The van der Waals surface area contributed by atoms with Crippen LogP contribution in [0.4, 0.5) is 4.79 Å². The van der Waals surface area contributed by atoms with Gasteiger partial charge >= 0.3 is 12.1 Å². The lowest BCUT2D eigenvalue weighted by molar-refractivity contribution is -0.142. The van der Waals surface area contributed by atoms with Crippen molar-refractivity contribution in [1.82, 2.24) is 0 Å². The number of halogens is 1. The van der Waals surface area contributed by atoms with Gasteiger partial charge in [0.25, 0.3) is 0 Å². The first-order chi connectivity index (χ1) is 11.8. The zero-order chi connectivity index (χ0) is 18.8. The monoisotopic (exact) mass is 461 g/mol. The van der Waals surface area contributed by atoms with Crippen molar-refractivity contribution in [2.75, 3.05) is 0 Å². The lowest BCUT2D eigenvalue weighted by Gasteiger charge is -2.23. The molecule has 0 spiro atoms. The fourth-order valence-electron chi connectivity index (χ4n) is 2.83. The highest BCUT2D eigenvalue weighted by Gasteiger charge is 2.20. The van der Waals surface area contributed by atoms with Gasteiger partial charge in [-0.15, -0.1) is 0 Å². The Labute approximate surface area is 163 Å². The van der Waals surface area contributed by atoms with Crippen LogP contribution in [0, 0.1) is 17.8 Å². The van der Waals surface area contributed by atoms with Crippen molar-refractivity contribution < 1.29 is 19.1 Å². The maximum Gasteiger partial charge on any atom is 0.404 e. The standard InChI is InChI=1S/C19H28INO4/c1-13-5-4-6-18(22)25-17(9-10-20)15(3)8-7-14(2)12-16(11-13)24-19(21)23/h4,6-10,13-17H,5,11-12H2,1-3H3,(H2,21,23)/b6-4-,8-7+,10-9+/t13-,14+,15+,16?,17-/m0/s1. The van der Waals surface area contributed by atoms with Gasteiger partial charge in [-0.25, -0.2) is 9.59 Å². The van der Waals surface area contributed by atoms with Gasteiger partial charge in [-0.2, -0.15) is 0 Å². The molecule has 140 valence electrons. The van der Waals surface area contributed by atoms with Gasteiger partial charge < -0.3 is 15.2 Å². The molecule has 1 aliphatic rings. The minimum Gasteiger partial charge on any atom is -0.454 e. The lowest BCUT2D eigenvalue weighted by atomic mass is 9.92. The Balaban J connectivity index is 2.97. The lowest BCUT2D eigenvalue weighted by Crippen LogP contribution is -2.26. The molecule has 0 saturated carbocycles. The van der Waals surface area contributed by atoms with E-state index in [-0.39, 0.29) is 35.9 Å². The first kappa shape index (κ1) is 21.7. The summed E-state index contributed by atoms with van der Waals surface area (Å²) in [6.45, 7) is 6.14. The predicted octanol–water partition coefficient (Wildman–Crippen LogP) is 4.52. The summed E-state index contributed by atoms with van der Waals surface area (Å²) in [7, 11) is 0. The van der Waals surface area contributed by atoms with Crippen molar-refractivity contribution in [3.05, 3.63) is 34.5 Å². The number of esters is 1. The highest BCUT2D eigenvalue weighted by atomic mass is 127. The Morgan fingerprint density at radius 2 is 2.04 bits per heavy atom. The Hall–Kier alpha value is -1.31. The second-order valence-electron chi connectivity index (χ2n) is 6.71. The predicted molar refractivity (Wildman–Crippen MR) is 107 cm³/mol. The average molecular weight is 461 g/mol. The third-order valence-electron chi connectivity index (χ3n) is 4.15. The number of cyclic esters (lactones) is 1. The van der Waals surface area contributed by atoms with Crippen LogP contribution >= 0.6 is 22.6 Å². The summed E-state index contributed by atoms with van der Waals surface area (Å²) < 4.78 is 12.7. The van der Waals surface area contributed by atoms with E-state index in [2.05, 4.69) is 42.5 Å². The van der Waals surface area contributed by atoms with Gasteiger partial charge in [0.05, 0.1) is 0 Å². The molecule has 0 aromatic rings. The van der Waals surface area contributed by atoms with Crippen molar-refractivity contribution in [3.8, 4) is 0 Å². The molecule has 2 N–H and O–H groups in total. The van der Waals surface area contributed by atoms with Gasteiger partial charge in [-0.1, -0.05) is 61.6 Å². The number of primary amides is 1. The molecular formula is C19H28INO4. The molecule has 1 rings (SSSR count). The van der Waals surface area contributed by atoms with Gasteiger partial charge in [0.2, 0.25) is 0 Å². The summed E-state index contributed by atoms with van der Waals surface area (Å²) in [4.78, 5) is 23.2. The van der Waals surface area contributed by atoms with Crippen LogP contribution in [0.5, 0.6) is 0 Å². The van der Waals surface area contributed by atoms with Crippen LogP contribution in [-0.4, -0.2) is 24.3 Å². The molecule has 0 bridgehead atoms. The highest BCUT2D eigenvalue weighted by Crippen LogP contribution is 2.22. The Bertz CT molecular complexity index is 530. The maximum atomic E-state index is 12.0. The van der Waals surface area contributed by atoms with Crippen LogP contribution in [-0.2, 0) is 14.3 Å². The van der Waals surface area contributed by atoms with Gasteiger partial charge in [-0.3, -0.25) is 0 Å². The van der Waals surface area contributed by atoms with Crippen molar-refractivity contribution in [2.45, 2.75) is 52.2 Å². The SMILES string of the molecule is C[C@H]1C/C=C\C(=O)O[C@@H](/C=C/I)[C@H](C)/C=C/[C@@H](C)CC(OC(N)=O)C1. The minimum atomic E-state index is -0.741. The average Bonchev–Trinajstić information content (AvgIpc) is 2.50. The number of carbonyl (C=O) groups excluding carboxylic acids is 2. The van der Waals surface area contributed by atoms with E-state index in [1.165, 1.54) is 6.08 Å². The Morgan fingerprint density at radius 1 is 1.32 bits per heavy atom. The summed E-state index contributed by atoms with van der Waals surface area (Å²) in [5, 5.41) is 0. The van der Waals surface area contributed by atoms with E-state index >= 15 is 0 Å². The number of carbonyl (C=O) groups is 2. The van der Waals surface area contributed by atoms with Crippen molar-refractivity contribution in [1.29, 1.82) is 0 Å². The molecule has 25 heavy (non-hydrogen) atoms. The van der Waals surface area contributed by atoms with Crippen LogP contribution in [0.2, 0.25) is 0 Å². The molecular weight excluding hydrogens is 433 g/mol. The Kier molecular flexibility index (Phi) is 9.85. The zero-order valence-corrected chi connectivity index (χ0v) is 17.2. The van der Waals surface area contributed by atoms with Crippen LogP contribution in [0.15, 0.2) is 34.5 Å². The molecule has 0 aromatic heterocycles. The van der Waals surface area contributed by atoms with Gasteiger partial charge in [-0.05, 0) is 41.3 Å². The van der Waals surface area contributed by atoms with Crippen LogP contribution in [0.1, 0.15) is 40.0 Å². The third-order valence-corrected chi connectivity index (χ3v) is 4.57. The molecule has 0 aromatic carbocycles. The summed E-state index contributed by atoms with van der Waals surface area (Å²) in [6.07, 6.45) is 10.1. The van der Waals surface area contributed by atoms with E-state index in [0.717, 1.165) is 0 Å². The number of amides is 1. The van der Waals surface area contributed by atoms with Crippen LogP contribution < -0.4 is 5.73 Å². The second kappa shape index (κ2) is 11.3. The summed E-state index contributed by atoms with van der Waals surface area (Å²) >= 11 is 2.12. The van der Waals surface area contributed by atoms with E-state index in [1.807, 2.05) is 29.2 Å². The van der Waals surface area contributed by atoms with E-state index < -0.39 is 6.09 Å².